The summed E-state index contributed by atoms with van der Waals surface area (Å²) in [4.78, 5) is 22.1. The standard InChI is InChI=1S/C9H7Cl2NO3/c1-15-8-5(7(13)9(12)14)2-4(10)3-6(8)11/h2-3H,1H3,(H2,12,14). The number of carbonyl (C=O) groups is 2. The number of carbonyl (C=O) groups excluding carboxylic acids is 2. The molecule has 0 unspecified atom stereocenters. The molecule has 80 valence electrons. The van der Waals surface area contributed by atoms with Gasteiger partial charge < -0.3 is 10.5 Å². The van der Waals surface area contributed by atoms with E-state index in [-0.39, 0.29) is 21.4 Å². The molecule has 1 aromatic carbocycles. The van der Waals surface area contributed by atoms with Crippen LogP contribution in [0.4, 0.5) is 0 Å². The van der Waals surface area contributed by atoms with Gasteiger partial charge in [-0.2, -0.15) is 0 Å². The summed E-state index contributed by atoms with van der Waals surface area (Å²) < 4.78 is 4.88. The molecule has 4 nitrogen and oxygen atoms in total. The molecule has 0 heterocycles. The minimum atomic E-state index is -1.09. The number of nitrogens with two attached hydrogens (primary N) is 1. The number of methoxy groups -OCH3 is 1. The van der Waals surface area contributed by atoms with Crippen LogP contribution in [-0.4, -0.2) is 18.8 Å². The number of Topliss-reactive ketones (excluding diaryl/α,β-unsaturated/α-hetero) is 1. The van der Waals surface area contributed by atoms with E-state index in [4.69, 9.17) is 33.7 Å². The van der Waals surface area contributed by atoms with Crippen LogP contribution < -0.4 is 10.5 Å². The van der Waals surface area contributed by atoms with Gasteiger partial charge in [0.2, 0.25) is 0 Å². The smallest absolute Gasteiger partial charge is 0.289 e. The first-order valence-electron chi connectivity index (χ1n) is 3.84. The summed E-state index contributed by atoms with van der Waals surface area (Å²) in [6.45, 7) is 0. The van der Waals surface area contributed by atoms with Crippen LogP contribution in [0.1, 0.15) is 10.4 Å². The van der Waals surface area contributed by atoms with E-state index in [1.807, 2.05) is 0 Å². The Morgan fingerprint density at radius 3 is 2.40 bits per heavy atom. The number of ketones is 1. The van der Waals surface area contributed by atoms with Crippen molar-refractivity contribution in [1.29, 1.82) is 0 Å². The van der Waals surface area contributed by atoms with Crippen LogP contribution in [-0.2, 0) is 4.79 Å². The highest BCUT2D eigenvalue weighted by Crippen LogP contribution is 2.32. The quantitative estimate of drug-likeness (QED) is 0.653. The average molecular weight is 248 g/mol. The summed E-state index contributed by atoms with van der Waals surface area (Å²) >= 11 is 11.5. The maximum absolute atomic E-state index is 11.4. The maximum Gasteiger partial charge on any atom is 0.289 e. The van der Waals surface area contributed by atoms with Gasteiger partial charge in [0, 0.05) is 5.02 Å². The Balaban J connectivity index is 3.38. The molecule has 0 aliphatic rings. The SMILES string of the molecule is COc1c(Cl)cc(Cl)cc1C(=O)C(N)=O. The number of hydrogen-bond acceptors (Lipinski definition) is 3. The van der Waals surface area contributed by atoms with Crippen LogP contribution >= 0.6 is 23.2 Å². The molecule has 1 rings (SSSR count). The molecule has 0 aromatic heterocycles. The van der Waals surface area contributed by atoms with E-state index < -0.39 is 11.7 Å². The lowest BCUT2D eigenvalue weighted by Gasteiger charge is -2.08. The van der Waals surface area contributed by atoms with E-state index in [9.17, 15) is 9.59 Å². The lowest BCUT2D eigenvalue weighted by Crippen LogP contribution is -2.23. The predicted octanol–water partition coefficient (Wildman–Crippen LogP) is 1.67. The summed E-state index contributed by atoms with van der Waals surface area (Å²) in [5.41, 5.74) is 4.82. The predicted molar refractivity (Wildman–Crippen MR) is 56.5 cm³/mol. The lowest BCUT2D eigenvalue weighted by molar-refractivity contribution is -0.114. The normalized spacial score (nSPS) is 9.80. The van der Waals surface area contributed by atoms with E-state index in [1.54, 1.807) is 0 Å². The van der Waals surface area contributed by atoms with Gasteiger partial charge in [0.25, 0.3) is 11.7 Å². The summed E-state index contributed by atoms with van der Waals surface area (Å²) in [5.74, 6) is -1.90. The molecule has 0 saturated carbocycles. The van der Waals surface area contributed by atoms with E-state index in [1.165, 1.54) is 19.2 Å². The molecule has 0 spiro atoms. The van der Waals surface area contributed by atoms with Crippen LogP contribution in [0, 0.1) is 0 Å². The Labute approximate surface area is 95.9 Å². The molecule has 6 heteroatoms. The highest BCUT2D eigenvalue weighted by atomic mass is 35.5. The first-order valence-corrected chi connectivity index (χ1v) is 4.60. The first-order chi connectivity index (χ1) is 6.97. The number of hydrogen-bond donors (Lipinski definition) is 1. The number of amides is 1. The number of halogens is 2. The highest BCUT2D eigenvalue weighted by Gasteiger charge is 2.20. The molecule has 1 amide bonds. The van der Waals surface area contributed by atoms with Crippen LogP contribution in [0.25, 0.3) is 0 Å². The van der Waals surface area contributed by atoms with Crippen molar-refractivity contribution in [2.45, 2.75) is 0 Å². The fraction of sp³-hybridized carbons (Fsp3) is 0.111. The first kappa shape index (κ1) is 11.8. The maximum atomic E-state index is 11.4. The van der Waals surface area contributed by atoms with Crippen molar-refractivity contribution in [1.82, 2.24) is 0 Å². The zero-order valence-electron chi connectivity index (χ0n) is 7.71. The summed E-state index contributed by atoms with van der Waals surface area (Å²) in [5, 5.41) is 0.375. The van der Waals surface area contributed by atoms with E-state index in [0.717, 1.165) is 0 Å². The molecular formula is C9H7Cl2NO3. The van der Waals surface area contributed by atoms with Crippen LogP contribution in [0.2, 0.25) is 10.0 Å². The van der Waals surface area contributed by atoms with Gasteiger partial charge in [0.05, 0.1) is 17.7 Å². The van der Waals surface area contributed by atoms with Gasteiger partial charge in [-0.1, -0.05) is 23.2 Å². The minimum absolute atomic E-state index is 0.0394. The topological polar surface area (TPSA) is 69.4 Å². The van der Waals surface area contributed by atoms with Crippen molar-refractivity contribution in [3.63, 3.8) is 0 Å². The van der Waals surface area contributed by atoms with Gasteiger partial charge in [0.15, 0.2) is 0 Å². The Hall–Kier alpha value is -1.26. The van der Waals surface area contributed by atoms with Crippen LogP contribution in [0.3, 0.4) is 0 Å². The Bertz CT molecular complexity index is 432. The zero-order valence-corrected chi connectivity index (χ0v) is 9.22. The van der Waals surface area contributed by atoms with E-state index >= 15 is 0 Å². The highest BCUT2D eigenvalue weighted by molar-refractivity contribution is 6.45. The fourth-order valence-electron chi connectivity index (χ4n) is 1.07. The molecule has 0 radical (unpaired) electrons. The molecule has 0 bridgehead atoms. The molecule has 2 N–H and O–H groups in total. The van der Waals surface area contributed by atoms with E-state index in [0.29, 0.717) is 0 Å². The van der Waals surface area contributed by atoms with E-state index in [2.05, 4.69) is 0 Å². The summed E-state index contributed by atoms with van der Waals surface area (Å²) in [6.07, 6.45) is 0. The van der Waals surface area contributed by atoms with Crippen LogP contribution in [0.15, 0.2) is 12.1 Å². The van der Waals surface area contributed by atoms with Crippen molar-refractivity contribution < 1.29 is 14.3 Å². The van der Waals surface area contributed by atoms with Crippen molar-refractivity contribution in [2.24, 2.45) is 5.73 Å². The molecular weight excluding hydrogens is 241 g/mol. The molecule has 15 heavy (non-hydrogen) atoms. The minimum Gasteiger partial charge on any atom is -0.494 e. The van der Waals surface area contributed by atoms with Gasteiger partial charge >= 0.3 is 0 Å². The van der Waals surface area contributed by atoms with Crippen LogP contribution in [0.5, 0.6) is 5.75 Å². The van der Waals surface area contributed by atoms with Gasteiger partial charge in [0.1, 0.15) is 5.75 Å². The third kappa shape index (κ3) is 2.40. The van der Waals surface area contributed by atoms with Crippen molar-refractivity contribution in [3.05, 3.63) is 27.7 Å². The Morgan fingerprint density at radius 2 is 1.93 bits per heavy atom. The largest absolute Gasteiger partial charge is 0.494 e. The second-order valence-corrected chi connectivity index (χ2v) is 3.51. The van der Waals surface area contributed by atoms with Crippen molar-refractivity contribution >= 4 is 34.9 Å². The third-order valence-corrected chi connectivity index (χ3v) is 2.18. The monoisotopic (exact) mass is 247 g/mol. The van der Waals surface area contributed by atoms with Crippen molar-refractivity contribution in [3.8, 4) is 5.75 Å². The van der Waals surface area contributed by atoms with Gasteiger partial charge in [-0.25, -0.2) is 0 Å². The molecule has 0 atom stereocenters. The number of rotatable bonds is 3. The third-order valence-electron chi connectivity index (χ3n) is 1.68. The number of benzene rings is 1. The Kier molecular flexibility index (Phi) is 3.55. The Morgan fingerprint density at radius 1 is 1.33 bits per heavy atom. The van der Waals surface area contributed by atoms with Crippen molar-refractivity contribution in [2.75, 3.05) is 7.11 Å². The van der Waals surface area contributed by atoms with Gasteiger partial charge in [-0.15, -0.1) is 0 Å². The van der Waals surface area contributed by atoms with Gasteiger partial charge in [-0.05, 0) is 12.1 Å². The number of primary amides is 1. The van der Waals surface area contributed by atoms with Gasteiger partial charge in [-0.3, -0.25) is 9.59 Å². The fourth-order valence-corrected chi connectivity index (χ4v) is 1.64. The molecule has 0 aliphatic heterocycles. The lowest BCUT2D eigenvalue weighted by atomic mass is 10.1. The average Bonchev–Trinajstić information content (AvgIpc) is 2.15. The second kappa shape index (κ2) is 4.51. The summed E-state index contributed by atoms with van der Waals surface area (Å²) in [6, 6.07) is 2.68. The summed E-state index contributed by atoms with van der Waals surface area (Å²) in [7, 11) is 1.33. The molecule has 0 aliphatic carbocycles. The molecule has 0 saturated heterocycles. The molecule has 0 fully saturated rings. The zero-order chi connectivity index (χ0) is 11.6. The number of ether oxygens (including phenoxy) is 1. The molecule has 1 aromatic rings. The second-order valence-electron chi connectivity index (χ2n) is 2.66.